The monoisotopic (exact) mass is 266 g/mol. The Labute approximate surface area is 108 Å². The summed E-state index contributed by atoms with van der Waals surface area (Å²) < 4.78 is 1.40. The Morgan fingerprint density at radius 3 is 3.11 bits per heavy atom. The lowest BCUT2D eigenvalue weighted by atomic mass is 10.3. The van der Waals surface area contributed by atoms with Crippen molar-refractivity contribution in [1.29, 1.82) is 0 Å². The SMILES string of the molecule is CC(NC(=O)Cn1cc(CO)nn1)c1cccs1. The number of nitrogens with one attached hydrogen (secondary N) is 1. The van der Waals surface area contributed by atoms with Gasteiger partial charge in [-0.25, -0.2) is 4.68 Å². The molecule has 0 bridgehead atoms. The highest BCUT2D eigenvalue weighted by molar-refractivity contribution is 7.10. The predicted octanol–water partition coefficient (Wildman–Crippen LogP) is 0.709. The fourth-order valence-electron chi connectivity index (χ4n) is 1.53. The lowest BCUT2D eigenvalue weighted by Crippen LogP contribution is -2.29. The summed E-state index contributed by atoms with van der Waals surface area (Å²) in [6.45, 7) is 1.86. The number of rotatable bonds is 5. The minimum atomic E-state index is -0.173. The van der Waals surface area contributed by atoms with Gasteiger partial charge in [-0.15, -0.1) is 16.4 Å². The van der Waals surface area contributed by atoms with Crippen molar-refractivity contribution >= 4 is 17.2 Å². The molecule has 0 aliphatic carbocycles. The molecule has 2 aromatic rings. The summed E-state index contributed by atoms with van der Waals surface area (Å²) in [6.07, 6.45) is 1.55. The summed E-state index contributed by atoms with van der Waals surface area (Å²) in [5.74, 6) is -0.134. The van der Waals surface area contributed by atoms with Crippen LogP contribution in [0.4, 0.5) is 0 Å². The second-order valence-corrected chi connectivity index (χ2v) is 4.85. The molecule has 0 aliphatic rings. The zero-order valence-corrected chi connectivity index (χ0v) is 10.7. The van der Waals surface area contributed by atoms with E-state index in [1.54, 1.807) is 17.5 Å². The van der Waals surface area contributed by atoms with Gasteiger partial charge in [0.25, 0.3) is 0 Å². The minimum absolute atomic E-state index is 0.0154. The number of aliphatic hydroxyl groups excluding tert-OH is 1. The van der Waals surface area contributed by atoms with Crippen molar-refractivity contribution in [1.82, 2.24) is 20.3 Å². The van der Waals surface area contributed by atoms with Crippen molar-refractivity contribution < 1.29 is 9.90 Å². The van der Waals surface area contributed by atoms with Gasteiger partial charge in [0.15, 0.2) is 0 Å². The van der Waals surface area contributed by atoms with Gasteiger partial charge < -0.3 is 10.4 Å². The van der Waals surface area contributed by atoms with Gasteiger partial charge in [0.2, 0.25) is 5.91 Å². The highest BCUT2D eigenvalue weighted by atomic mass is 32.1. The van der Waals surface area contributed by atoms with Crippen LogP contribution in [-0.4, -0.2) is 26.0 Å². The molecule has 2 heterocycles. The van der Waals surface area contributed by atoms with Gasteiger partial charge in [-0.2, -0.15) is 0 Å². The van der Waals surface area contributed by atoms with Crippen molar-refractivity contribution in [2.45, 2.75) is 26.1 Å². The molecule has 1 amide bonds. The van der Waals surface area contributed by atoms with Crippen LogP contribution in [-0.2, 0) is 17.9 Å². The average molecular weight is 266 g/mol. The Kier molecular flexibility index (Phi) is 4.06. The van der Waals surface area contributed by atoms with Gasteiger partial charge >= 0.3 is 0 Å². The molecule has 0 aromatic carbocycles. The standard InChI is InChI=1S/C11H14N4O2S/c1-8(10-3-2-4-18-10)12-11(17)6-15-5-9(7-16)13-14-15/h2-5,8,16H,6-7H2,1H3,(H,12,17). The molecule has 6 nitrogen and oxygen atoms in total. The molecular weight excluding hydrogens is 252 g/mol. The molecule has 1 atom stereocenters. The maximum Gasteiger partial charge on any atom is 0.242 e. The third-order valence-corrected chi connectivity index (χ3v) is 3.46. The van der Waals surface area contributed by atoms with E-state index >= 15 is 0 Å². The van der Waals surface area contributed by atoms with Gasteiger partial charge in [-0.1, -0.05) is 11.3 Å². The number of amides is 1. The first-order chi connectivity index (χ1) is 8.69. The van der Waals surface area contributed by atoms with Crippen molar-refractivity contribution in [2.75, 3.05) is 0 Å². The molecule has 18 heavy (non-hydrogen) atoms. The van der Waals surface area contributed by atoms with E-state index in [-0.39, 0.29) is 25.1 Å². The van der Waals surface area contributed by atoms with Crippen LogP contribution in [0.25, 0.3) is 0 Å². The Balaban J connectivity index is 1.88. The Bertz CT molecular complexity index is 509. The molecule has 0 spiro atoms. The van der Waals surface area contributed by atoms with Gasteiger partial charge in [0.05, 0.1) is 18.8 Å². The van der Waals surface area contributed by atoms with Crippen LogP contribution in [0, 0.1) is 0 Å². The lowest BCUT2D eigenvalue weighted by molar-refractivity contribution is -0.122. The molecule has 2 aromatic heterocycles. The molecule has 0 fully saturated rings. The van der Waals surface area contributed by atoms with Crippen molar-refractivity contribution in [3.05, 3.63) is 34.3 Å². The highest BCUT2D eigenvalue weighted by Gasteiger charge is 2.11. The number of carbonyl (C=O) groups is 1. The molecule has 0 radical (unpaired) electrons. The minimum Gasteiger partial charge on any atom is -0.390 e. The number of thiophene rings is 1. The van der Waals surface area contributed by atoms with Gasteiger partial charge in [0.1, 0.15) is 12.2 Å². The molecule has 0 saturated heterocycles. The van der Waals surface area contributed by atoms with E-state index in [1.165, 1.54) is 4.68 Å². The molecule has 2 N–H and O–H groups in total. The maximum absolute atomic E-state index is 11.8. The number of aliphatic hydroxyl groups is 1. The fourth-order valence-corrected chi connectivity index (χ4v) is 2.27. The summed E-state index contributed by atoms with van der Waals surface area (Å²) in [5, 5.41) is 21.1. The Morgan fingerprint density at radius 1 is 1.67 bits per heavy atom. The van der Waals surface area contributed by atoms with E-state index in [4.69, 9.17) is 5.11 Å². The summed E-state index contributed by atoms with van der Waals surface area (Å²) in [4.78, 5) is 12.9. The quantitative estimate of drug-likeness (QED) is 0.835. The van der Waals surface area contributed by atoms with Gasteiger partial charge in [-0.3, -0.25) is 4.79 Å². The smallest absolute Gasteiger partial charge is 0.242 e. The van der Waals surface area contributed by atoms with Crippen LogP contribution < -0.4 is 5.32 Å². The largest absolute Gasteiger partial charge is 0.390 e. The molecule has 96 valence electrons. The van der Waals surface area contributed by atoms with E-state index < -0.39 is 0 Å². The lowest BCUT2D eigenvalue weighted by Gasteiger charge is -2.11. The van der Waals surface area contributed by atoms with Gasteiger partial charge in [0, 0.05) is 4.88 Å². The van der Waals surface area contributed by atoms with Gasteiger partial charge in [-0.05, 0) is 18.4 Å². The molecule has 0 saturated carbocycles. The Morgan fingerprint density at radius 2 is 2.50 bits per heavy atom. The van der Waals surface area contributed by atoms with Crippen LogP contribution in [0.5, 0.6) is 0 Å². The van der Waals surface area contributed by atoms with Crippen LogP contribution in [0.3, 0.4) is 0 Å². The molecule has 1 unspecified atom stereocenters. The van der Waals surface area contributed by atoms with E-state index in [1.807, 2.05) is 24.4 Å². The first kappa shape index (κ1) is 12.7. The zero-order chi connectivity index (χ0) is 13.0. The molecule has 0 aliphatic heterocycles. The van der Waals surface area contributed by atoms with E-state index in [0.717, 1.165) is 4.88 Å². The maximum atomic E-state index is 11.8. The fraction of sp³-hybridized carbons (Fsp3) is 0.364. The van der Waals surface area contributed by atoms with Crippen LogP contribution in [0.15, 0.2) is 23.7 Å². The summed E-state index contributed by atoms with van der Waals surface area (Å²) in [7, 11) is 0. The van der Waals surface area contributed by atoms with Crippen molar-refractivity contribution in [2.24, 2.45) is 0 Å². The van der Waals surface area contributed by atoms with Crippen LogP contribution in [0.1, 0.15) is 23.5 Å². The molecule has 7 heteroatoms. The summed E-state index contributed by atoms with van der Waals surface area (Å²) in [6, 6.07) is 3.92. The van der Waals surface area contributed by atoms with Crippen molar-refractivity contribution in [3.8, 4) is 0 Å². The number of nitrogens with zero attached hydrogens (tertiary/aromatic N) is 3. The van der Waals surface area contributed by atoms with Crippen LogP contribution >= 0.6 is 11.3 Å². The third-order valence-electron chi connectivity index (χ3n) is 2.40. The topological polar surface area (TPSA) is 80.0 Å². The van der Waals surface area contributed by atoms with E-state index in [9.17, 15) is 4.79 Å². The zero-order valence-electron chi connectivity index (χ0n) is 9.91. The second-order valence-electron chi connectivity index (χ2n) is 3.87. The van der Waals surface area contributed by atoms with E-state index in [0.29, 0.717) is 5.69 Å². The first-order valence-electron chi connectivity index (χ1n) is 5.51. The summed E-state index contributed by atoms with van der Waals surface area (Å²) in [5.41, 5.74) is 0.453. The Hall–Kier alpha value is -1.73. The van der Waals surface area contributed by atoms with Crippen LogP contribution in [0.2, 0.25) is 0 Å². The number of aromatic nitrogens is 3. The molecular formula is C11H14N4O2S. The first-order valence-corrected chi connectivity index (χ1v) is 6.39. The van der Waals surface area contributed by atoms with E-state index in [2.05, 4.69) is 15.6 Å². The van der Waals surface area contributed by atoms with Crippen molar-refractivity contribution in [3.63, 3.8) is 0 Å². The second kappa shape index (κ2) is 5.74. The highest BCUT2D eigenvalue weighted by Crippen LogP contribution is 2.17. The number of carbonyl (C=O) groups excluding carboxylic acids is 1. The number of hydrogen-bond acceptors (Lipinski definition) is 5. The predicted molar refractivity (Wildman–Crippen MR) is 66.8 cm³/mol. The number of hydrogen-bond donors (Lipinski definition) is 2. The molecule has 2 rings (SSSR count). The summed E-state index contributed by atoms with van der Waals surface area (Å²) >= 11 is 1.60. The normalized spacial score (nSPS) is 12.3. The third kappa shape index (κ3) is 3.14. The average Bonchev–Trinajstić information content (AvgIpc) is 2.98.